The molecule has 1 heterocycles. The molecule has 19 heavy (non-hydrogen) atoms. The lowest BCUT2D eigenvalue weighted by Crippen LogP contribution is -1.92. The number of rotatable bonds is 3. The van der Waals surface area contributed by atoms with Crippen LogP contribution in [0, 0.1) is 0 Å². The fourth-order valence-electron chi connectivity index (χ4n) is 2.01. The SMILES string of the molecule is CCOc1ccc(-c2nc3ccccc3[nH]2)cc1Br. The highest BCUT2D eigenvalue weighted by molar-refractivity contribution is 9.10. The van der Waals surface area contributed by atoms with Gasteiger partial charge >= 0.3 is 0 Å². The number of aromatic amines is 1. The van der Waals surface area contributed by atoms with Gasteiger partial charge in [-0.2, -0.15) is 0 Å². The van der Waals surface area contributed by atoms with Crippen molar-refractivity contribution in [2.45, 2.75) is 6.92 Å². The molecule has 1 aromatic heterocycles. The van der Waals surface area contributed by atoms with E-state index in [0.29, 0.717) is 6.61 Å². The summed E-state index contributed by atoms with van der Waals surface area (Å²) < 4.78 is 6.45. The van der Waals surface area contributed by atoms with Crippen molar-refractivity contribution in [3.05, 3.63) is 46.9 Å². The molecular weight excluding hydrogens is 304 g/mol. The maximum absolute atomic E-state index is 5.51. The third-order valence-electron chi connectivity index (χ3n) is 2.89. The number of fused-ring (bicyclic) bond motifs is 1. The Morgan fingerprint density at radius 3 is 2.79 bits per heavy atom. The van der Waals surface area contributed by atoms with Crippen LogP contribution in [-0.4, -0.2) is 16.6 Å². The first-order valence-corrected chi connectivity index (χ1v) is 6.94. The van der Waals surface area contributed by atoms with Crippen LogP contribution in [0.15, 0.2) is 46.9 Å². The van der Waals surface area contributed by atoms with Crippen LogP contribution in [0.5, 0.6) is 5.75 Å². The van der Waals surface area contributed by atoms with Gasteiger partial charge in [-0.3, -0.25) is 0 Å². The molecule has 0 bridgehead atoms. The highest BCUT2D eigenvalue weighted by atomic mass is 79.9. The third-order valence-corrected chi connectivity index (χ3v) is 3.51. The third kappa shape index (κ3) is 2.36. The largest absolute Gasteiger partial charge is 0.493 e. The highest BCUT2D eigenvalue weighted by Crippen LogP contribution is 2.30. The van der Waals surface area contributed by atoms with Crippen LogP contribution in [0.2, 0.25) is 0 Å². The molecule has 1 N–H and O–H groups in total. The van der Waals surface area contributed by atoms with E-state index < -0.39 is 0 Å². The zero-order valence-corrected chi connectivity index (χ0v) is 12.1. The monoisotopic (exact) mass is 316 g/mol. The highest BCUT2D eigenvalue weighted by Gasteiger charge is 2.07. The van der Waals surface area contributed by atoms with E-state index in [9.17, 15) is 0 Å². The normalized spacial score (nSPS) is 10.8. The van der Waals surface area contributed by atoms with Crippen LogP contribution >= 0.6 is 15.9 Å². The molecule has 96 valence electrons. The number of H-pyrrole nitrogens is 1. The minimum absolute atomic E-state index is 0.655. The standard InChI is InChI=1S/C15H13BrN2O/c1-2-19-14-8-7-10(9-11(14)16)15-17-12-5-3-4-6-13(12)18-15/h3-9H,2H2,1H3,(H,17,18). The molecule has 0 spiro atoms. The first-order chi connectivity index (χ1) is 9.28. The summed E-state index contributed by atoms with van der Waals surface area (Å²) in [6.07, 6.45) is 0. The predicted molar refractivity (Wildman–Crippen MR) is 80.4 cm³/mol. The van der Waals surface area contributed by atoms with Gasteiger partial charge in [-0.25, -0.2) is 4.98 Å². The quantitative estimate of drug-likeness (QED) is 0.778. The fraction of sp³-hybridized carbons (Fsp3) is 0.133. The van der Waals surface area contributed by atoms with E-state index in [4.69, 9.17) is 4.74 Å². The van der Waals surface area contributed by atoms with E-state index >= 15 is 0 Å². The second-order valence-electron chi connectivity index (χ2n) is 4.18. The lowest BCUT2D eigenvalue weighted by molar-refractivity contribution is 0.338. The van der Waals surface area contributed by atoms with E-state index in [1.165, 1.54) is 0 Å². The average molecular weight is 317 g/mol. The van der Waals surface area contributed by atoms with Crippen LogP contribution in [0.4, 0.5) is 0 Å². The minimum Gasteiger partial charge on any atom is -0.493 e. The number of aromatic nitrogens is 2. The lowest BCUT2D eigenvalue weighted by Gasteiger charge is -2.06. The average Bonchev–Trinajstić information content (AvgIpc) is 2.85. The van der Waals surface area contributed by atoms with Gasteiger partial charge in [0.15, 0.2) is 0 Å². The number of para-hydroxylation sites is 2. The van der Waals surface area contributed by atoms with E-state index in [1.54, 1.807) is 0 Å². The number of hydrogen-bond donors (Lipinski definition) is 1. The van der Waals surface area contributed by atoms with Crippen LogP contribution in [-0.2, 0) is 0 Å². The molecule has 3 aromatic rings. The molecule has 0 saturated heterocycles. The van der Waals surface area contributed by atoms with Crippen molar-refractivity contribution in [1.29, 1.82) is 0 Å². The Labute approximate surface area is 119 Å². The molecule has 4 heteroatoms. The molecule has 2 aromatic carbocycles. The second kappa shape index (κ2) is 5.05. The smallest absolute Gasteiger partial charge is 0.138 e. The van der Waals surface area contributed by atoms with Crippen molar-refractivity contribution >= 4 is 27.0 Å². The molecule has 0 aliphatic heterocycles. The summed E-state index contributed by atoms with van der Waals surface area (Å²) in [5.74, 6) is 1.72. The zero-order chi connectivity index (χ0) is 13.2. The Morgan fingerprint density at radius 2 is 2.05 bits per heavy atom. The van der Waals surface area contributed by atoms with Gasteiger partial charge in [0.1, 0.15) is 11.6 Å². The molecule has 0 fully saturated rings. The minimum atomic E-state index is 0.655. The van der Waals surface area contributed by atoms with E-state index in [1.807, 2.05) is 49.4 Å². The number of nitrogens with zero attached hydrogens (tertiary/aromatic N) is 1. The van der Waals surface area contributed by atoms with Gasteiger partial charge < -0.3 is 9.72 Å². The molecule has 0 aliphatic rings. The summed E-state index contributed by atoms with van der Waals surface area (Å²) in [7, 11) is 0. The molecule has 0 amide bonds. The van der Waals surface area contributed by atoms with Gasteiger partial charge in [-0.15, -0.1) is 0 Å². The molecule has 0 atom stereocenters. The van der Waals surface area contributed by atoms with Crippen molar-refractivity contribution in [1.82, 2.24) is 9.97 Å². The molecule has 0 unspecified atom stereocenters. The van der Waals surface area contributed by atoms with Crippen molar-refractivity contribution in [2.75, 3.05) is 6.61 Å². The summed E-state index contributed by atoms with van der Waals surface area (Å²) in [6, 6.07) is 14.0. The molecule has 0 radical (unpaired) electrons. The lowest BCUT2D eigenvalue weighted by atomic mass is 10.2. The molecular formula is C15H13BrN2O. The van der Waals surface area contributed by atoms with Gasteiger partial charge in [-0.1, -0.05) is 12.1 Å². The summed E-state index contributed by atoms with van der Waals surface area (Å²) in [6.45, 7) is 2.63. The number of ether oxygens (including phenoxy) is 1. The number of halogens is 1. The van der Waals surface area contributed by atoms with E-state index in [-0.39, 0.29) is 0 Å². The van der Waals surface area contributed by atoms with Crippen LogP contribution < -0.4 is 4.74 Å². The van der Waals surface area contributed by atoms with Crippen LogP contribution in [0.3, 0.4) is 0 Å². The molecule has 3 nitrogen and oxygen atoms in total. The van der Waals surface area contributed by atoms with Gasteiger partial charge in [0.2, 0.25) is 0 Å². The van der Waals surface area contributed by atoms with Gasteiger partial charge in [0.05, 0.1) is 22.1 Å². The second-order valence-corrected chi connectivity index (χ2v) is 5.04. The summed E-state index contributed by atoms with van der Waals surface area (Å²) in [5.41, 5.74) is 3.05. The maximum atomic E-state index is 5.51. The Balaban J connectivity index is 2.03. The molecule has 0 saturated carbocycles. The Kier molecular flexibility index (Phi) is 3.25. The number of nitrogens with one attached hydrogen (secondary N) is 1. The van der Waals surface area contributed by atoms with Gasteiger partial charge in [0, 0.05) is 5.56 Å². The van der Waals surface area contributed by atoms with Gasteiger partial charge in [0.25, 0.3) is 0 Å². The maximum Gasteiger partial charge on any atom is 0.138 e. The first kappa shape index (κ1) is 12.2. The van der Waals surface area contributed by atoms with Crippen LogP contribution in [0.1, 0.15) is 6.92 Å². The number of imidazole rings is 1. The number of hydrogen-bond acceptors (Lipinski definition) is 2. The van der Waals surface area contributed by atoms with E-state index in [2.05, 4.69) is 25.9 Å². The zero-order valence-electron chi connectivity index (χ0n) is 10.5. The van der Waals surface area contributed by atoms with Crippen molar-refractivity contribution in [3.63, 3.8) is 0 Å². The Bertz CT molecular complexity index is 688. The Morgan fingerprint density at radius 1 is 1.21 bits per heavy atom. The predicted octanol–water partition coefficient (Wildman–Crippen LogP) is 4.39. The van der Waals surface area contributed by atoms with Crippen molar-refractivity contribution in [2.24, 2.45) is 0 Å². The summed E-state index contributed by atoms with van der Waals surface area (Å²) in [4.78, 5) is 7.90. The fourth-order valence-corrected chi connectivity index (χ4v) is 2.50. The topological polar surface area (TPSA) is 37.9 Å². The summed E-state index contributed by atoms with van der Waals surface area (Å²) >= 11 is 3.52. The molecule has 0 aliphatic carbocycles. The summed E-state index contributed by atoms with van der Waals surface area (Å²) in [5, 5.41) is 0. The number of benzene rings is 2. The Hall–Kier alpha value is -1.81. The van der Waals surface area contributed by atoms with E-state index in [0.717, 1.165) is 32.6 Å². The first-order valence-electron chi connectivity index (χ1n) is 6.15. The van der Waals surface area contributed by atoms with Crippen molar-refractivity contribution in [3.8, 4) is 17.1 Å². The van der Waals surface area contributed by atoms with Gasteiger partial charge in [-0.05, 0) is 53.2 Å². The van der Waals surface area contributed by atoms with Crippen molar-refractivity contribution < 1.29 is 4.74 Å². The molecule has 3 rings (SSSR count). The van der Waals surface area contributed by atoms with Crippen LogP contribution in [0.25, 0.3) is 22.4 Å².